The van der Waals surface area contributed by atoms with Crippen molar-refractivity contribution >= 4 is 35.1 Å². The Morgan fingerprint density at radius 1 is 1.17 bits per heavy atom. The normalized spacial score (nSPS) is 10.6. The zero-order chi connectivity index (χ0) is 26.7. The molecule has 0 fully saturated rings. The van der Waals surface area contributed by atoms with Crippen LogP contribution in [0.3, 0.4) is 0 Å². The van der Waals surface area contributed by atoms with Crippen LogP contribution in [0.4, 0.5) is 17.3 Å². The third-order valence-corrected chi connectivity index (χ3v) is 4.94. The molecule has 0 unspecified atom stereocenters. The summed E-state index contributed by atoms with van der Waals surface area (Å²) in [6.45, 7) is 7.90. The first-order valence-electron chi connectivity index (χ1n) is 10.2. The molecule has 0 radical (unpaired) electrons. The molecule has 35 heavy (non-hydrogen) atoms. The molecule has 0 bridgehead atoms. The molecule has 0 aliphatic carbocycles. The van der Waals surface area contributed by atoms with Gasteiger partial charge in [0, 0.05) is 12.5 Å². The minimum absolute atomic E-state index is 0.00591. The van der Waals surface area contributed by atoms with Crippen LogP contribution >= 0.6 is 0 Å². The molecule has 0 atom stereocenters. The second-order valence-corrected chi connectivity index (χ2v) is 8.58. The van der Waals surface area contributed by atoms with Gasteiger partial charge in [0.05, 0.1) is 40.2 Å². The Balaban J connectivity index is 0.000000258. The van der Waals surface area contributed by atoms with Crippen molar-refractivity contribution in [3.63, 3.8) is 0 Å². The first-order chi connectivity index (χ1) is 16.2. The third-order valence-electron chi connectivity index (χ3n) is 4.94. The van der Waals surface area contributed by atoms with Crippen molar-refractivity contribution in [1.29, 1.82) is 10.7 Å². The lowest BCUT2D eigenvalue weighted by atomic mass is 9.91. The number of hydrogen-bond acceptors (Lipinski definition) is 8. The summed E-state index contributed by atoms with van der Waals surface area (Å²) in [7, 11) is 1.78. The van der Waals surface area contributed by atoms with Gasteiger partial charge >= 0.3 is 11.9 Å². The largest absolute Gasteiger partial charge is 0.478 e. The van der Waals surface area contributed by atoms with Crippen LogP contribution in [0.1, 0.15) is 59.7 Å². The number of carbonyl (C=O) groups is 2. The van der Waals surface area contributed by atoms with Crippen molar-refractivity contribution in [2.45, 2.75) is 33.1 Å². The number of aromatic nitrogens is 4. The summed E-state index contributed by atoms with van der Waals surface area (Å²) < 4.78 is 1.11. The molecule has 0 saturated carbocycles. The average molecular weight is 482 g/mol. The number of rotatable bonds is 4. The number of benzene rings is 1. The van der Waals surface area contributed by atoms with E-state index in [0.29, 0.717) is 17.3 Å². The number of H-pyrrole nitrogens is 1. The highest BCUT2D eigenvalue weighted by Crippen LogP contribution is 2.31. The van der Waals surface area contributed by atoms with Gasteiger partial charge in [-0.3, -0.25) is 10.5 Å². The molecule has 8 N–H and O–H groups in total. The van der Waals surface area contributed by atoms with E-state index in [-0.39, 0.29) is 33.6 Å². The molecule has 184 valence electrons. The summed E-state index contributed by atoms with van der Waals surface area (Å²) in [4.78, 5) is 23.7. The Morgan fingerprint density at radius 2 is 1.71 bits per heavy atom. The molecule has 1 aromatic carbocycles. The molecular weight excluding hydrogens is 454 g/mol. The van der Waals surface area contributed by atoms with Gasteiger partial charge in [-0.05, 0) is 25.1 Å². The first kappa shape index (κ1) is 26.4. The van der Waals surface area contributed by atoms with E-state index in [9.17, 15) is 9.59 Å². The number of carboxylic acid groups (broad SMARTS) is 2. The Hall–Kier alpha value is -4.86. The monoisotopic (exact) mass is 481 g/mol. The Kier molecular flexibility index (Phi) is 7.51. The van der Waals surface area contributed by atoms with Crippen LogP contribution in [0.25, 0.3) is 5.69 Å². The van der Waals surface area contributed by atoms with E-state index >= 15 is 0 Å². The van der Waals surface area contributed by atoms with Gasteiger partial charge in [0.1, 0.15) is 17.5 Å². The number of nitrogen functional groups attached to an aromatic ring is 2. The van der Waals surface area contributed by atoms with E-state index in [1.54, 1.807) is 18.9 Å². The van der Waals surface area contributed by atoms with Gasteiger partial charge in [0.15, 0.2) is 5.82 Å². The van der Waals surface area contributed by atoms with Crippen LogP contribution in [0, 0.1) is 16.7 Å². The second kappa shape index (κ2) is 9.96. The number of aromatic amines is 1. The summed E-state index contributed by atoms with van der Waals surface area (Å²) in [6, 6.07) is 5.29. The summed E-state index contributed by atoms with van der Waals surface area (Å²) in [5.41, 5.74) is 13.0. The van der Waals surface area contributed by atoms with Crippen LogP contribution in [-0.2, 0) is 5.41 Å². The van der Waals surface area contributed by atoms with Gasteiger partial charge in [0.2, 0.25) is 0 Å². The Labute approximate surface area is 201 Å². The van der Waals surface area contributed by atoms with Crippen molar-refractivity contribution in [2.24, 2.45) is 0 Å². The van der Waals surface area contributed by atoms with Crippen LogP contribution in [0.5, 0.6) is 0 Å². The lowest BCUT2D eigenvalue weighted by Crippen LogP contribution is -2.23. The zero-order valence-corrected chi connectivity index (χ0v) is 19.9. The summed E-state index contributed by atoms with van der Waals surface area (Å²) >= 11 is 0. The number of anilines is 3. The Morgan fingerprint density at radius 3 is 2.09 bits per heavy atom. The predicted octanol–water partition coefficient (Wildman–Crippen LogP) is 2.45. The number of carboxylic acids is 2. The van der Waals surface area contributed by atoms with E-state index in [1.807, 2.05) is 6.07 Å². The van der Waals surface area contributed by atoms with Gasteiger partial charge in [0.25, 0.3) is 0 Å². The second-order valence-electron chi connectivity index (χ2n) is 8.58. The van der Waals surface area contributed by atoms with Crippen LogP contribution in [0.2, 0.25) is 0 Å². The first-order valence-corrected chi connectivity index (χ1v) is 10.2. The molecular formula is C22H27N9O4. The fourth-order valence-corrected chi connectivity index (χ4v) is 2.96. The Bertz CT molecular complexity index is 1290. The third kappa shape index (κ3) is 5.74. The van der Waals surface area contributed by atoms with Gasteiger partial charge in [-0.2, -0.15) is 15.5 Å². The molecule has 0 aliphatic heterocycles. The zero-order valence-electron chi connectivity index (χ0n) is 19.9. The van der Waals surface area contributed by atoms with Crippen LogP contribution in [-0.4, -0.2) is 55.0 Å². The molecule has 3 aromatic rings. The lowest BCUT2D eigenvalue weighted by molar-refractivity contribution is 0.0696. The number of amidine groups is 1. The van der Waals surface area contributed by atoms with E-state index in [0.717, 1.165) is 16.4 Å². The SMILES string of the molecule is CC(=N)N(C)c1n[nH]c(C(C)(C)C)c1N.N#Cc1cnn(-c2cc(C(=O)O)cc(C(=O)O)c2)c1N. The number of nitrogens with one attached hydrogen (secondary N) is 2. The highest BCUT2D eigenvalue weighted by atomic mass is 16.4. The van der Waals surface area contributed by atoms with E-state index in [2.05, 4.69) is 36.1 Å². The number of nitrogens with zero attached hydrogens (tertiary/aromatic N) is 5. The molecule has 2 aromatic heterocycles. The van der Waals surface area contributed by atoms with Gasteiger partial charge < -0.3 is 26.6 Å². The van der Waals surface area contributed by atoms with Gasteiger partial charge in [-0.25, -0.2) is 14.3 Å². The topological polar surface area (TPSA) is 224 Å². The molecule has 3 rings (SSSR count). The van der Waals surface area contributed by atoms with E-state index in [1.165, 1.54) is 18.3 Å². The molecule has 13 nitrogen and oxygen atoms in total. The van der Waals surface area contributed by atoms with Crippen molar-refractivity contribution < 1.29 is 19.8 Å². The molecule has 2 heterocycles. The maximum absolute atomic E-state index is 11.0. The highest BCUT2D eigenvalue weighted by Gasteiger charge is 2.23. The number of nitrogens with two attached hydrogens (primary N) is 2. The molecule has 13 heteroatoms. The maximum Gasteiger partial charge on any atom is 0.335 e. The number of hydrogen-bond donors (Lipinski definition) is 6. The van der Waals surface area contributed by atoms with E-state index < -0.39 is 11.9 Å². The van der Waals surface area contributed by atoms with Crippen molar-refractivity contribution in [1.82, 2.24) is 20.0 Å². The van der Waals surface area contributed by atoms with Crippen LogP contribution in [0.15, 0.2) is 24.4 Å². The number of nitriles is 1. The fourth-order valence-electron chi connectivity index (χ4n) is 2.96. The minimum Gasteiger partial charge on any atom is -0.478 e. The molecule has 0 spiro atoms. The quantitative estimate of drug-likeness (QED) is 0.236. The van der Waals surface area contributed by atoms with Crippen molar-refractivity contribution in [2.75, 3.05) is 23.4 Å². The van der Waals surface area contributed by atoms with Crippen molar-refractivity contribution in [3.8, 4) is 11.8 Å². The minimum atomic E-state index is -1.28. The smallest absolute Gasteiger partial charge is 0.335 e. The van der Waals surface area contributed by atoms with Gasteiger partial charge in [-0.15, -0.1) is 0 Å². The number of aromatic carboxylic acids is 2. The maximum atomic E-state index is 11.0. The van der Waals surface area contributed by atoms with Crippen LogP contribution < -0.4 is 16.4 Å². The summed E-state index contributed by atoms with van der Waals surface area (Å²) in [6.07, 6.45) is 1.21. The van der Waals surface area contributed by atoms with E-state index in [4.69, 9.17) is 32.4 Å². The summed E-state index contributed by atoms with van der Waals surface area (Å²) in [5.74, 6) is -1.52. The lowest BCUT2D eigenvalue weighted by Gasteiger charge is -2.18. The molecule has 0 aliphatic rings. The van der Waals surface area contributed by atoms with Gasteiger partial charge in [-0.1, -0.05) is 20.8 Å². The standard InChI is InChI=1S/C12H8N4O4.C10H19N5/c13-4-8-5-15-16(10(8)14)9-2-6(11(17)18)1-7(3-9)12(19)20;1-6(11)15(5)9-7(12)8(13-14-9)10(2,3)4/h1-3,5H,14H2,(H,17,18)(H,19,20);11H,12H2,1-5H3,(H,13,14). The predicted molar refractivity (Wildman–Crippen MR) is 130 cm³/mol. The fraction of sp³-hybridized carbons (Fsp3) is 0.273. The molecule has 0 saturated heterocycles. The summed E-state index contributed by atoms with van der Waals surface area (Å²) in [5, 5.41) is 45.2. The average Bonchev–Trinajstić information content (AvgIpc) is 3.35. The highest BCUT2D eigenvalue weighted by molar-refractivity contribution is 5.95. The van der Waals surface area contributed by atoms with Crippen molar-refractivity contribution in [3.05, 3.63) is 46.8 Å². The molecule has 0 amide bonds.